The molecule has 31 heavy (non-hydrogen) atoms. The molecule has 0 aliphatic carbocycles. The van der Waals surface area contributed by atoms with E-state index < -0.39 is 0 Å². The van der Waals surface area contributed by atoms with E-state index in [2.05, 4.69) is 29.7 Å². The number of carbonyl (C=O) groups excluding carboxylic acids is 2. The monoisotopic (exact) mass is 424 g/mol. The Morgan fingerprint density at radius 3 is 1.32 bits per heavy atom. The Kier molecular flexibility index (Phi) is 6.85. The summed E-state index contributed by atoms with van der Waals surface area (Å²) in [6.45, 7) is 5.55. The average molecular weight is 425 g/mol. The maximum atomic E-state index is 12.5. The molecule has 2 aliphatic rings. The van der Waals surface area contributed by atoms with Crippen molar-refractivity contribution in [2.24, 2.45) is 0 Å². The van der Waals surface area contributed by atoms with Gasteiger partial charge in [-0.3, -0.25) is 9.59 Å². The molecular weight excluding hydrogens is 396 g/mol. The van der Waals surface area contributed by atoms with E-state index in [1.165, 1.54) is 0 Å². The molecule has 0 spiro atoms. The van der Waals surface area contributed by atoms with Gasteiger partial charge in [0.15, 0.2) is 0 Å². The third kappa shape index (κ3) is 5.44. The fourth-order valence-electron chi connectivity index (χ4n) is 3.93. The van der Waals surface area contributed by atoms with Crippen molar-refractivity contribution < 1.29 is 9.59 Å². The topological polar surface area (TPSA) is 98.7 Å². The smallest absolute Gasteiger partial charge is 0.225 e. The Morgan fingerprint density at radius 1 is 0.613 bits per heavy atom. The molecule has 2 amide bonds. The third-order valence-electron chi connectivity index (χ3n) is 5.72. The number of anilines is 2. The van der Waals surface area contributed by atoms with Gasteiger partial charge in [-0.05, 0) is 18.6 Å². The van der Waals surface area contributed by atoms with E-state index in [9.17, 15) is 9.59 Å². The van der Waals surface area contributed by atoms with E-state index in [1.807, 2.05) is 9.80 Å². The summed E-state index contributed by atoms with van der Waals surface area (Å²) in [5.41, 5.74) is 0. The molecule has 0 unspecified atom stereocenters. The Bertz CT molecular complexity index is 779. The lowest BCUT2D eigenvalue weighted by Crippen LogP contribution is -2.49. The molecule has 2 aromatic rings. The van der Waals surface area contributed by atoms with E-state index in [-0.39, 0.29) is 11.8 Å². The van der Waals surface area contributed by atoms with Crippen LogP contribution in [0, 0.1) is 0 Å². The first-order valence-electron chi connectivity index (χ1n) is 10.8. The third-order valence-corrected chi connectivity index (χ3v) is 5.72. The maximum Gasteiger partial charge on any atom is 0.225 e. The van der Waals surface area contributed by atoms with E-state index in [1.54, 1.807) is 36.9 Å². The van der Waals surface area contributed by atoms with Crippen molar-refractivity contribution in [1.29, 1.82) is 0 Å². The van der Waals surface area contributed by atoms with Crippen LogP contribution in [0.1, 0.15) is 19.3 Å². The summed E-state index contributed by atoms with van der Waals surface area (Å²) in [7, 11) is 0. The van der Waals surface area contributed by atoms with Gasteiger partial charge in [-0.25, -0.2) is 19.9 Å². The summed E-state index contributed by atoms with van der Waals surface area (Å²) >= 11 is 0. The lowest BCUT2D eigenvalue weighted by atomic mass is 10.1. The highest BCUT2D eigenvalue weighted by atomic mass is 16.2. The number of aromatic nitrogens is 4. The standard InChI is InChI=1S/C21H28N8O2/c30-18(26-10-14-28(15-11-26)20-22-6-2-7-23-20)4-1-5-19(31)27-12-16-29(17-13-27)21-24-8-3-9-25-21/h2-3,6-9H,1,4-5,10-17H2. The first-order valence-corrected chi connectivity index (χ1v) is 10.8. The highest BCUT2D eigenvalue weighted by molar-refractivity contribution is 5.79. The number of amides is 2. The maximum absolute atomic E-state index is 12.5. The highest BCUT2D eigenvalue weighted by Gasteiger charge is 2.24. The minimum absolute atomic E-state index is 0.118. The highest BCUT2D eigenvalue weighted by Crippen LogP contribution is 2.13. The predicted octanol–water partition coefficient (Wildman–Crippen LogP) is 0.434. The zero-order chi connectivity index (χ0) is 21.5. The summed E-state index contributed by atoms with van der Waals surface area (Å²) in [5, 5.41) is 0. The van der Waals surface area contributed by atoms with Crippen molar-refractivity contribution in [3.8, 4) is 0 Å². The van der Waals surface area contributed by atoms with Gasteiger partial charge in [-0.2, -0.15) is 0 Å². The molecule has 2 aromatic heterocycles. The van der Waals surface area contributed by atoms with Crippen molar-refractivity contribution in [2.75, 3.05) is 62.2 Å². The quantitative estimate of drug-likeness (QED) is 0.659. The molecule has 0 radical (unpaired) electrons. The first-order chi connectivity index (χ1) is 15.2. The molecule has 10 heteroatoms. The number of nitrogens with zero attached hydrogens (tertiary/aromatic N) is 8. The van der Waals surface area contributed by atoms with Gasteiger partial charge in [-0.1, -0.05) is 0 Å². The van der Waals surface area contributed by atoms with Gasteiger partial charge in [-0.15, -0.1) is 0 Å². The van der Waals surface area contributed by atoms with Crippen LogP contribution in [0.25, 0.3) is 0 Å². The number of hydrogen-bond acceptors (Lipinski definition) is 8. The molecule has 0 N–H and O–H groups in total. The zero-order valence-electron chi connectivity index (χ0n) is 17.6. The van der Waals surface area contributed by atoms with Crippen molar-refractivity contribution in [2.45, 2.75) is 19.3 Å². The van der Waals surface area contributed by atoms with Crippen LogP contribution < -0.4 is 9.80 Å². The number of rotatable bonds is 6. The van der Waals surface area contributed by atoms with E-state index in [0.717, 1.165) is 26.2 Å². The lowest BCUT2D eigenvalue weighted by molar-refractivity contribution is -0.133. The summed E-state index contributed by atoms with van der Waals surface area (Å²) in [5.74, 6) is 1.65. The molecule has 0 bridgehead atoms. The second-order valence-electron chi connectivity index (χ2n) is 7.69. The summed E-state index contributed by atoms with van der Waals surface area (Å²) < 4.78 is 0. The molecular formula is C21H28N8O2. The molecule has 2 aliphatic heterocycles. The van der Waals surface area contributed by atoms with Crippen LogP contribution in [0.3, 0.4) is 0 Å². The molecule has 4 rings (SSSR count). The Balaban J connectivity index is 1.14. The van der Waals surface area contributed by atoms with Gasteiger partial charge in [0.25, 0.3) is 0 Å². The normalized spacial score (nSPS) is 17.0. The Morgan fingerprint density at radius 2 is 0.968 bits per heavy atom. The second-order valence-corrected chi connectivity index (χ2v) is 7.69. The summed E-state index contributed by atoms with van der Waals surface area (Å²) in [6.07, 6.45) is 8.31. The van der Waals surface area contributed by atoms with Gasteiger partial charge in [0.2, 0.25) is 23.7 Å². The van der Waals surface area contributed by atoms with Crippen LogP contribution in [0.4, 0.5) is 11.9 Å². The van der Waals surface area contributed by atoms with Gasteiger partial charge >= 0.3 is 0 Å². The predicted molar refractivity (Wildman–Crippen MR) is 116 cm³/mol. The van der Waals surface area contributed by atoms with Gasteiger partial charge < -0.3 is 19.6 Å². The summed E-state index contributed by atoms with van der Waals surface area (Å²) in [4.78, 5) is 50.1. The molecule has 2 fully saturated rings. The molecule has 0 atom stereocenters. The van der Waals surface area contributed by atoms with Crippen molar-refractivity contribution >= 4 is 23.7 Å². The number of carbonyl (C=O) groups is 2. The van der Waals surface area contributed by atoms with Crippen LogP contribution in [-0.4, -0.2) is 93.9 Å². The second kappa shape index (κ2) is 10.1. The van der Waals surface area contributed by atoms with Crippen molar-refractivity contribution in [1.82, 2.24) is 29.7 Å². The molecule has 2 saturated heterocycles. The molecule has 4 heterocycles. The van der Waals surface area contributed by atoms with Crippen LogP contribution in [0.2, 0.25) is 0 Å². The number of piperazine rings is 2. The van der Waals surface area contributed by atoms with E-state index >= 15 is 0 Å². The summed E-state index contributed by atoms with van der Waals surface area (Å²) in [6, 6.07) is 3.59. The number of hydrogen-bond donors (Lipinski definition) is 0. The molecule has 0 aromatic carbocycles. The molecule has 164 valence electrons. The van der Waals surface area contributed by atoms with E-state index in [0.29, 0.717) is 57.3 Å². The molecule has 10 nitrogen and oxygen atoms in total. The largest absolute Gasteiger partial charge is 0.339 e. The fraction of sp³-hybridized carbons (Fsp3) is 0.524. The van der Waals surface area contributed by atoms with Crippen LogP contribution in [-0.2, 0) is 9.59 Å². The van der Waals surface area contributed by atoms with Gasteiger partial charge in [0.1, 0.15) is 0 Å². The minimum atomic E-state index is 0.118. The van der Waals surface area contributed by atoms with E-state index in [4.69, 9.17) is 0 Å². The first kappa shape index (κ1) is 21.0. The average Bonchev–Trinajstić information content (AvgIpc) is 2.85. The van der Waals surface area contributed by atoms with Crippen LogP contribution >= 0.6 is 0 Å². The Hall–Kier alpha value is -3.30. The minimum Gasteiger partial charge on any atom is -0.339 e. The zero-order valence-corrected chi connectivity index (χ0v) is 17.6. The van der Waals surface area contributed by atoms with Crippen molar-refractivity contribution in [3.05, 3.63) is 36.9 Å². The van der Waals surface area contributed by atoms with Crippen molar-refractivity contribution in [3.63, 3.8) is 0 Å². The van der Waals surface area contributed by atoms with Gasteiger partial charge in [0, 0.05) is 90.0 Å². The Labute approximate surface area is 181 Å². The van der Waals surface area contributed by atoms with Crippen LogP contribution in [0.5, 0.6) is 0 Å². The molecule has 0 saturated carbocycles. The fourth-order valence-corrected chi connectivity index (χ4v) is 3.93. The lowest BCUT2D eigenvalue weighted by Gasteiger charge is -2.35. The van der Waals surface area contributed by atoms with Crippen LogP contribution in [0.15, 0.2) is 36.9 Å². The van der Waals surface area contributed by atoms with Gasteiger partial charge in [0.05, 0.1) is 0 Å². The SMILES string of the molecule is O=C(CCCC(=O)N1CCN(c2ncccn2)CC1)N1CCN(c2ncccn2)CC1.